The topological polar surface area (TPSA) is 50.4 Å². The number of nitrogens with one attached hydrogen (secondary N) is 1. The molecule has 0 bridgehead atoms. The molecule has 0 aromatic carbocycles. The van der Waals surface area contributed by atoms with E-state index in [4.69, 9.17) is 5.73 Å². The molecule has 0 spiro atoms. The van der Waals surface area contributed by atoms with Gasteiger partial charge < -0.3 is 11.1 Å². The maximum absolute atomic E-state index is 5.84. The first-order chi connectivity index (χ1) is 7.24. The van der Waals surface area contributed by atoms with E-state index in [1.807, 2.05) is 12.4 Å². The summed E-state index contributed by atoms with van der Waals surface area (Å²) in [6, 6.07) is 0.288. The number of hydrogen-bond donors (Lipinski definition) is 2. The highest BCUT2D eigenvalue weighted by Crippen LogP contribution is 2.17. The molecule has 1 heterocycles. The summed E-state index contributed by atoms with van der Waals surface area (Å²) in [5, 5.41) is 3.42. The molecule has 3 nitrogen and oxygen atoms in total. The van der Waals surface area contributed by atoms with Crippen molar-refractivity contribution >= 4 is 6.21 Å². The van der Waals surface area contributed by atoms with Gasteiger partial charge >= 0.3 is 0 Å². The number of hydrogen-bond acceptors (Lipinski definition) is 3. The molecule has 0 amide bonds. The van der Waals surface area contributed by atoms with Gasteiger partial charge in [-0.2, -0.15) is 0 Å². The first kappa shape index (κ1) is 12.4. The van der Waals surface area contributed by atoms with Crippen LogP contribution in [0.2, 0.25) is 0 Å². The summed E-state index contributed by atoms with van der Waals surface area (Å²) in [5.74, 6) is 0.575. The second kappa shape index (κ2) is 6.75. The van der Waals surface area contributed by atoms with Crippen LogP contribution in [-0.4, -0.2) is 25.3 Å². The minimum Gasteiger partial charge on any atom is -0.327 e. The molecule has 0 saturated heterocycles. The molecular formula is C12H23N3. The van der Waals surface area contributed by atoms with Crippen LogP contribution in [0.3, 0.4) is 0 Å². The Labute approximate surface area is 92.8 Å². The van der Waals surface area contributed by atoms with Crippen LogP contribution in [0, 0.1) is 5.92 Å². The molecule has 0 aliphatic carbocycles. The lowest BCUT2D eigenvalue weighted by molar-refractivity contribution is 0.510. The van der Waals surface area contributed by atoms with E-state index >= 15 is 0 Å². The van der Waals surface area contributed by atoms with Gasteiger partial charge in [-0.3, -0.25) is 4.99 Å². The Kier molecular flexibility index (Phi) is 5.58. The lowest BCUT2D eigenvalue weighted by Gasteiger charge is -2.18. The van der Waals surface area contributed by atoms with Crippen LogP contribution in [0.4, 0.5) is 0 Å². The second-order valence-corrected chi connectivity index (χ2v) is 4.30. The largest absolute Gasteiger partial charge is 0.327 e. The predicted octanol–water partition coefficient (Wildman–Crippen LogP) is 1.70. The Balaban J connectivity index is 2.20. The minimum absolute atomic E-state index is 0.288. The molecule has 2 atom stereocenters. The molecule has 3 N–H and O–H groups in total. The first-order valence-corrected chi connectivity index (χ1v) is 5.91. The highest BCUT2D eigenvalue weighted by molar-refractivity contribution is 5.60. The average Bonchev–Trinajstić information content (AvgIpc) is 2.29. The Morgan fingerprint density at radius 2 is 2.33 bits per heavy atom. The van der Waals surface area contributed by atoms with E-state index in [0.717, 1.165) is 32.4 Å². The molecule has 3 heteroatoms. The van der Waals surface area contributed by atoms with Gasteiger partial charge in [-0.05, 0) is 30.8 Å². The van der Waals surface area contributed by atoms with Crippen LogP contribution < -0.4 is 11.1 Å². The maximum atomic E-state index is 5.84. The predicted molar refractivity (Wildman–Crippen MR) is 66.1 cm³/mol. The van der Waals surface area contributed by atoms with E-state index in [2.05, 4.69) is 24.2 Å². The summed E-state index contributed by atoms with van der Waals surface area (Å²) < 4.78 is 0. The number of rotatable bonds is 6. The molecule has 0 fully saturated rings. The Morgan fingerprint density at radius 3 is 2.93 bits per heavy atom. The van der Waals surface area contributed by atoms with Gasteiger partial charge in [-0.1, -0.05) is 13.8 Å². The van der Waals surface area contributed by atoms with E-state index in [9.17, 15) is 0 Å². The average molecular weight is 209 g/mol. The SMILES string of the molecule is CCC(N)CNCC(C)C1=CN=CCC1. The molecule has 0 aromatic heterocycles. The Morgan fingerprint density at radius 1 is 1.53 bits per heavy atom. The summed E-state index contributed by atoms with van der Waals surface area (Å²) in [4.78, 5) is 4.20. The zero-order valence-corrected chi connectivity index (χ0v) is 9.87. The van der Waals surface area contributed by atoms with Gasteiger partial charge in [0.15, 0.2) is 0 Å². The van der Waals surface area contributed by atoms with Crippen LogP contribution >= 0.6 is 0 Å². The fourth-order valence-corrected chi connectivity index (χ4v) is 1.65. The van der Waals surface area contributed by atoms with Crippen molar-refractivity contribution in [1.82, 2.24) is 5.32 Å². The van der Waals surface area contributed by atoms with Crippen molar-refractivity contribution in [3.8, 4) is 0 Å². The third-order valence-electron chi connectivity index (χ3n) is 2.92. The molecule has 1 aliphatic heterocycles. The van der Waals surface area contributed by atoms with Crippen molar-refractivity contribution in [2.45, 2.75) is 39.2 Å². The minimum atomic E-state index is 0.288. The van der Waals surface area contributed by atoms with Gasteiger partial charge in [0.1, 0.15) is 0 Å². The smallest absolute Gasteiger partial charge is 0.0259 e. The second-order valence-electron chi connectivity index (χ2n) is 4.30. The van der Waals surface area contributed by atoms with Gasteiger partial charge in [0.25, 0.3) is 0 Å². The monoisotopic (exact) mass is 209 g/mol. The standard InChI is InChI=1S/C12H23N3/c1-3-12(13)9-15-7-10(2)11-5-4-6-14-8-11/h6,8,10,12,15H,3-5,7,9,13H2,1-2H3. The van der Waals surface area contributed by atoms with Crippen LogP contribution in [0.25, 0.3) is 0 Å². The van der Waals surface area contributed by atoms with Crippen molar-refractivity contribution in [3.63, 3.8) is 0 Å². The summed E-state index contributed by atoms with van der Waals surface area (Å²) in [6.07, 6.45) is 7.28. The van der Waals surface area contributed by atoms with E-state index in [1.54, 1.807) is 0 Å². The summed E-state index contributed by atoms with van der Waals surface area (Å²) in [6.45, 7) is 6.29. The molecule has 2 unspecified atom stereocenters. The van der Waals surface area contributed by atoms with Crippen molar-refractivity contribution < 1.29 is 0 Å². The first-order valence-electron chi connectivity index (χ1n) is 5.91. The van der Waals surface area contributed by atoms with Gasteiger partial charge in [0.05, 0.1) is 0 Å². The van der Waals surface area contributed by atoms with E-state index < -0.39 is 0 Å². The molecule has 0 aromatic rings. The Hall–Kier alpha value is -0.670. The van der Waals surface area contributed by atoms with Crippen molar-refractivity contribution in [2.24, 2.45) is 16.6 Å². The molecule has 1 rings (SSSR count). The van der Waals surface area contributed by atoms with Gasteiger partial charge in [-0.25, -0.2) is 0 Å². The quantitative estimate of drug-likeness (QED) is 0.699. The molecule has 86 valence electrons. The van der Waals surface area contributed by atoms with Crippen molar-refractivity contribution in [1.29, 1.82) is 0 Å². The van der Waals surface area contributed by atoms with Crippen LogP contribution in [0.15, 0.2) is 16.8 Å². The van der Waals surface area contributed by atoms with E-state index in [-0.39, 0.29) is 6.04 Å². The molecule has 0 radical (unpaired) electrons. The lowest BCUT2D eigenvalue weighted by Crippen LogP contribution is -2.35. The molecular weight excluding hydrogens is 186 g/mol. The van der Waals surface area contributed by atoms with Crippen LogP contribution in [0.5, 0.6) is 0 Å². The van der Waals surface area contributed by atoms with Gasteiger partial charge in [0.2, 0.25) is 0 Å². The number of nitrogens with zero attached hydrogens (tertiary/aromatic N) is 1. The zero-order valence-electron chi connectivity index (χ0n) is 9.87. The number of aliphatic imine (C=N–C) groups is 1. The van der Waals surface area contributed by atoms with E-state index in [1.165, 1.54) is 5.57 Å². The summed E-state index contributed by atoms with van der Waals surface area (Å²) in [5.41, 5.74) is 7.29. The summed E-state index contributed by atoms with van der Waals surface area (Å²) in [7, 11) is 0. The highest BCUT2D eigenvalue weighted by Gasteiger charge is 2.10. The number of nitrogens with two attached hydrogens (primary N) is 1. The normalized spacial score (nSPS) is 19.8. The highest BCUT2D eigenvalue weighted by atomic mass is 14.9. The van der Waals surface area contributed by atoms with E-state index in [0.29, 0.717) is 5.92 Å². The zero-order chi connectivity index (χ0) is 11.1. The van der Waals surface area contributed by atoms with Gasteiger partial charge in [0, 0.05) is 31.5 Å². The lowest BCUT2D eigenvalue weighted by atomic mass is 9.96. The van der Waals surface area contributed by atoms with Gasteiger partial charge in [-0.15, -0.1) is 0 Å². The van der Waals surface area contributed by atoms with Crippen LogP contribution in [-0.2, 0) is 0 Å². The third kappa shape index (κ3) is 4.58. The molecule has 1 aliphatic rings. The Bertz CT molecular complexity index is 233. The maximum Gasteiger partial charge on any atom is 0.0259 e. The fraction of sp³-hybridized carbons (Fsp3) is 0.750. The molecule has 15 heavy (non-hydrogen) atoms. The summed E-state index contributed by atoms with van der Waals surface area (Å²) >= 11 is 0. The third-order valence-corrected chi connectivity index (χ3v) is 2.92. The molecule has 0 saturated carbocycles. The van der Waals surface area contributed by atoms with Crippen LogP contribution in [0.1, 0.15) is 33.1 Å². The van der Waals surface area contributed by atoms with Crippen molar-refractivity contribution in [2.75, 3.05) is 13.1 Å². The van der Waals surface area contributed by atoms with Crippen molar-refractivity contribution in [3.05, 3.63) is 11.8 Å². The fourth-order valence-electron chi connectivity index (χ4n) is 1.65.